The van der Waals surface area contributed by atoms with Gasteiger partial charge in [-0.05, 0) is 26.8 Å². The maximum Gasteiger partial charge on any atom is 0.160 e. The molecule has 0 N–H and O–H groups in total. The number of carbonyl (C=O) groups is 1. The average Bonchev–Trinajstić information content (AvgIpc) is 2.20. The summed E-state index contributed by atoms with van der Waals surface area (Å²) >= 11 is 0. The molecule has 1 rings (SSSR count). The fourth-order valence-electron chi connectivity index (χ4n) is 1.36. The van der Waals surface area contributed by atoms with Gasteiger partial charge in [-0.2, -0.15) is 0 Å². The Morgan fingerprint density at radius 1 is 1.40 bits per heavy atom. The number of pyridine rings is 1. The van der Waals surface area contributed by atoms with E-state index in [9.17, 15) is 4.79 Å². The van der Waals surface area contributed by atoms with Crippen molar-refractivity contribution in [3.63, 3.8) is 0 Å². The molecule has 15 heavy (non-hydrogen) atoms. The van der Waals surface area contributed by atoms with Gasteiger partial charge in [-0.1, -0.05) is 24.3 Å². The Hall–Kier alpha value is -1.70. The molecule has 1 aromatic rings. The van der Waals surface area contributed by atoms with Gasteiger partial charge in [0.05, 0.1) is 0 Å². The third kappa shape index (κ3) is 2.88. The lowest BCUT2D eigenvalue weighted by atomic mass is 10.0. The number of nitrogens with zero attached hydrogens (tertiary/aromatic N) is 1. The highest BCUT2D eigenvalue weighted by atomic mass is 16.1. The SMILES string of the molecule is C/C=C\C=C/c1c(C(C)=O)ccnc1C. The van der Waals surface area contributed by atoms with Gasteiger partial charge in [-0.25, -0.2) is 0 Å². The molecule has 0 fully saturated rings. The van der Waals surface area contributed by atoms with Crippen LogP contribution in [0.15, 0.2) is 30.5 Å². The molecule has 0 aliphatic heterocycles. The Kier molecular flexibility index (Phi) is 3.98. The predicted octanol–water partition coefficient (Wildman–Crippen LogP) is 3.18. The zero-order chi connectivity index (χ0) is 11.3. The maximum absolute atomic E-state index is 11.4. The summed E-state index contributed by atoms with van der Waals surface area (Å²) in [7, 11) is 0. The zero-order valence-electron chi connectivity index (χ0n) is 9.32. The van der Waals surface area contributed by atoms with Gasteiger partial charge in [0, 0.05) is 23.0 Å². The Labute approximate surface area is 90.4 Å². The molecule has 0 aliphatic carbocycles. The minimum Gasteiger partial charge on any atom is -0.294 e. The topological polar surface area (TPSA) is 30.0 Å². The molecule has 0 saturated heterocycles. The van der Waals surface area contributed by atoms with Gasteiger partial charge in [0.25, 0.3) is 0 Å². The lowest BCUT2D eigenvalue weighted by Gasteiger charge is -2.04. The predicted molar refractivity (Wildman–Crippen MR) is 62.8 cm³/mol. The Bertz CT molecular complexity index is 417. The number of Topliss-reactive ketones (excluding diaryl/α,β-unsaturated/α-hetero) is 1. The van der Waals surface area contributed by atoms with Crippen LogP contribution in [0.5, 0.6) is 0 Å². The molecule has 1 aromatic heterocycles. The van der Waals surface area contributed by atoms with Crippen LogP contribution < -0.4 is 0 Å². The van der Waals surface area contributed by atoms with Crippen LogP contribution >= 0.6 is 0 Å². The molecule has 0 aromatic carbocycles. The van der Waals surface area contributed by atoms with E-state index >= 15 is 0 Å². The fraction of sp³-hybridized carbons (Fsp3) is 0.231. The van der Waals surface area contributed by atoms with E-state index < -0.39 is 0 Å². The number of hydrogen-bond donors (Lipinski definition) is 0. The summed E-state index contributed by atoms with van der Waals surface area (Å²) in [4.78, 5) is 15.5. The lowest BCUT2D eigenvalue weighted by Crippen LogP contribution is -1.99. The lowest BCUT2D eigenvalue weighted by molar-refractivity contribution is 0.101. The summed E-state index contributed by atoms with van der Waals surface area (Å²) < 4.78 is 0. The highest BCUT2D eigenvalue weighted by Gasteiger charge is 2.06. The van der Waals surface area contributed by atoms with Crippen molar-refractivity contribution in [1.29, 1.82) is 0 Å². The number of aromatic nitrogens is 1. The number of rotatable bonds is 3. The third-order valence-corrected chi connectivity index (χ3v) is 2.14. The van der Waals surface area contributed by atoms with Crippen molar-refractivity contribution >= 4 is 11.9 Å². The van der Waals surface area contributed by atoms with Gasteiger partial charge in [0.2, 0.25) is 0 Å². The molecule has 0 radical (unpaired) electrons. The van der Waals surface area contributed by atoms with E-state index in [1.165, 1.54) is 0 Å². The van der Waals surface area contributed by atoms with Crippen LogP contribution in [0.25, 0.3) is 6.08 Å². The van der Waals surface area contributed by atoms with Gasteiger partial charge in [-0.3, -0.25) is 9.78 Å². The monoisotopic (exact) mass is 201 g/mol. The van der Waals surface area contributed by atoms with Gasteiger partial charge in [-0.15, -0.1) is 0 Å². The van der Waals surface area contributed by atoms with Gasteiger partial charge >= 0.3 is 0 Å². The van der Waals surface area contributed by atoms with Crippen molar-refractivity contribution in [3.05, 3.63) is 47.3 Å². The normalized spacial score (nSPS) is 11.4. The summed E-state index contributed by atoms with van der Waals surface area (Å²) in [6, 6.07) is 1.75. The van der Waals surface area contributed by atoms with Gasteiger partial charge in [0.1, 0.15) is 0 Å². The van der Waals surface area contributed by atoms with Crippen molar-refractivity contribution in [1.82, 2.24) is 4.98 Å². The number of carbonyl (C=O) groups excluding carboxylic acids is 1. The maximum atomic E-state index is 11.4. The van der Waals surface area contributed by atoms with Crippen LogP contribution in [-0.4, -0.2) is 10.8 Å². The number of hydrogen-bond acceptors (Lipinski definition) is 2. The summed E-state index contributed by atoms with van der Waals surface area (Å²) in [6.45, 7) is 5.43. The smallest absolute Gasteiger partial charge is 0.160 e. The largest absolute Gasteiger partial charge is 0.294 e. The summed E-state index contributed by atoms with van der Waals surface area (Å²) in [5.41, 5.74) is 2.51. The first-order chi connectivity index (χ1) is 7.16. The van der Waals surface area contributed by atoms with Crippen LogP contribution in [0.4, 0.5) is 0 Å². The van der Waals surface area contributed by atoms with Crippen molar-refractivity contribution in [3.8, 4) is 0 Å². The number of aryl methyl sites for hydroxylation is 1. The van der Waals surface area contributed by atoms with E-state index in [0.717, 1.165) is 16.8 Å². The summed E-state index contributed by atoms with van der Waals surface area (Å²) in [5, 5.41) is 0. The van der Waals surface area contributed by atoms with E-state index in [-0.39, 0.29) is 5.78 Å². The molecule has 0 amide bonds. The van der Waals surface area contributed by atoms with Crippen molar-refractivity contribution in [2.75, 3.05) is 0 Å². The van der Waals surface area contributed by atoms with E-state index in [0.29, 0.717) is 0 Å². The molecular weight excluding hydrogens is 186 g/mol. The molecule has 0 unspecified atom stereocenters. The highest BCUT2D eigenvalue weighted by Crippen LogP contribution is 2.14. The minimum atomic E-state index is 0.0700. The number of ketones is 1. The second-order valence-corrected chi connectivity index (χ2v) is 3.30. The average molecular weight is 201 g/mol. The minimum absolute atomic E-state index is 0.0700. The van der Waals surface area contributed by atoms with E-state index in [1.807, 2.05) is 38.2 Å². The van der Waals surface area contributed by atoms with E-state index in [4.69, 9.17) is 0 Å². The zero-order valence-corrected chi connectivity index (χ0v) is 9.32. The Balaban J connectivity index is 3.19. The molecule has 0 spiro atoms. The molecular formula is C13H15NO. The fourth-order valence-corrected chi connectivity index (χ4v) is 1.36. The van der Waals surface area contributed by atoms with E-state index in [1.54, 1.807) is 19.2 Å². The molecule has 1 heterocycles. The van der Waals surface area contributed by atoms with E-state index in [2.05, 4.69) is 4.98 Å². The quantitative estimate of drug-likeness (QED) is 0.555. The van der Waals surface area contributed by atoms with Crippen LogP contribution in [0.2, 0.25) is 0 Å². The molecule has 0 aliphatic rings. The van der Waals surface area contributed by atoms with Gasteiger partial charge < -0.3 is 0 Å². The van der Waals surface area contributed by atoms with Crippen LogP contribution in [-0.2, 0) is 0 Å². The highest BCUT2D eigenvalue weighted by molar-refractivity contribution is 5.97. The van der Waals surface area contributed by atoms with Crippen molar-refractivity contribution in [2.45, 2.75) is 20.8 Å². The van der Waals surface area contributed by atoms with Crippen LogP contribution in [0.1, 0.15) is 35.5 Å². The standard InChI is InChI=1S/C13H15NO/c1-4-5-6-7-12-10(2)14-9-8-13(12)11(3)15/h4-9H,1-3H3/b5-4-,7-6-. The Morgan fingerprint density at radius 3 is 2.73 bits per heavy atom. The first-order valence-corrected chi connectivity index (χ1v) is 4.92. The van der Waals surface area contributed by atoms with Crippen molar-refractivity contribution in [2.24, 2.45) is 0 Å². The molecule has 0 saturated carbocycles. The first kappa shape index (κ1) is 11.4. The summed E-state index contributed by atoms with van der Waals surface area (Å²) in [5.74, 6) is 0.0700. The second kappa shape index (κ2) is 5.25. The van der Waals surface area contributed by atoms with Crippen LogP contribution in [0.3, 0.4) is 0 Å². The first-order valence-electron chi connectivity index (χ1n) is 4.92. The molecule has 2 heteroatoms. The Morgan fingerprint density at radius 2 is 2.13 bits per heavy atom. The molecule has 78 valence electrons. The molecule has 2 nitrogen and oxygen atoms in total. The molecule has 0 atom stereocenters. The molecule has 0 bridgehead atoms. The second-order valence-electron chi connectivity index (χ2n) is 3.30. The van der Waals surface area contributed by atoms with Crippen LogP contribution in [0, 0.1) is 6.92 Å². The number of allylic oxidation sites excluding steroid dienone is 3. The van der Waals surface area contributed by atoms with Crippen molar-refractivity contribution < 1.29 is 4.79 Å². The van der Waals surface area contributed by atoms with Gasteiger partial charge in [0.15, 0.2) is 5.78 Å². The summed E-state index contributed by atoms with van der Waals surface area (Å²) in [6.07, 6.45) is 9.36. The third-order valence-electron chi connectivity index (χ3n) is 2.14.